The zero-order valence-electron chi connectivity index (χ0n) is 11.6. The Morgan fingerprint density at radius 1 is 1.18 bits per heavy atom. The van der Waals surface area contributed by atoms with E-state index < -0.39 is 0 Å². The summed E-state index contributed by atoms with van der Waals surface area (Å²) < 4.78 is 2.22. The average Bonchev–Trinajstić information content (AvgIpc) is 2.95. The predicted molar refractivity (Wildman–Crippen MR) is 94.1 cm³/mol. The molecule has 6 heteroatoms. The van der Waals surface area contributed by atoms with Gasteiger partial charge >= 0.3 is 0 Å². The molecule has 0 radical (unpaired) electrons. The Balaban J connectivity index is 1.49. The lowest BCUT2D eigenvalue weighted by Crippen LogP contribution is -2.25. The third-order valence-corrected chi connectivity index (χ3v) is 5.43. The second kappa shape index (κ2) is 7.13. The molecule has 1 N–H and O–H groups in total. The number of aromatic nitrogens is 1. The summed E-state index contributed by atoms with van der Waals surface area (Å²) in [5.74, 6) is 0.709. The first-order valence-electron chi connectivity index (χ1n) is 6.74. The minimum atomic E-state index is -0.0819. The molecule has 3 aromatic rings. The van der Waals surface area contributed by atoms with Crippen LogP contribution in [0.3, 0.4) is 0 Å². The Morgan fingerprint density at radius 3 is 2.73 bits per heavy atom. The average molecular weight is 349 g/mol. The summed E-state index contributed by atoms with van der Waals surface area (Å²) in [6, 6.07) is 15.0. The molecule has 1 heterocycles. The maximum atomic E-state index is 11.9. The molecule has 0 unspecified atom stereocenters. The summed E-state index contributed by atoms with van der Waals surface area (Å²) in [7, 11) is 0. The lowest BCUT2D eigenvalue weighted by Gasteiger charge is -2.04. The standard InChI is InChI=1S/C16H13ClN2OS2/c17-12-7-5-11(6-8-12)15(20)18-9-10-21-16-19-13-3-1-2-4-14(13)22-16/h1-8H,9-10H2,(H,18,20). The molecule has 0 saturated carbocycles. The van der Waals surface area contributed by atoms with Crippen molar-refractivity contribution < 1.29 is 4.79 Å². The summed E-state index contributed by atoms with van der Waals surface area (Å²) in [5.41, 5.74) is 1.65. The number of thiazole rings is 1. The third kappa shape index (κ3) is 3.80. The number of benzene rings is 2. The minimum Gasteiger partial charge on any atom is -0.351 e. The molecule has 0 aliphatic rings. The van der Waals surface area contributed by atoms with Crippen LogP contribution in [-0.2, 0) is 0 Å². The van der Waals surface area contributed by atoms with Gasteiger partial charge in [0.1, 0.15) is 0 Å². The number of hydrogen-bond acceptors (Lipinski definition) is 4. The van der Waals surface area contributed by atoms with E-state index in [0.29, 0.717) is 17.1 Å². The van der Waals surface area contributed by atoms with Gasteiger partial charge in [0.2, 0.25) is 0 Å². The summed E-state index contributed by atoms with van der Waals surface area (Å²) in [5, 5.41) is 3.52. The number of thioether (sulfide) groups is 1. The normalized spacial score (nSPS) is 10.8. The molecule has 22 heavy (non-hydrogen) atoms. The van der Waals surface area contributed by atoms with Gasteiger partial charge in [0.05, 0.1) is 10.2 Å². The first-order valence-corrected chi connectivity index (χ1v) is 8.92. The summed E-state index contributed by atoms with van der Waals surface area (Å²) in [6.07, 6.45) is 0. The van der Waals surface area contributed by atoms with E-state index in [0.717, 1.165) is 15.6 Å². The number of amides is 1. The number of halogens is 1. The number of nitrogens with zero attached hydrogens (tertiary/aromatic N) is 1. The van der Waals surface area contributed by atoms with Crippen molar-refractivity contribution >= 4 is 50.8 Å². The van der Waals surface area contributed by atoms with E-state index in [1.54, 1.807) is 47.4 Å². The highest BCUT2D eigenvalue weighted by Crippen LogP contribution is 2.28. The predicted octanol–water partition coefficient (Wildman–Crippen LogP) is 4.47. The number of carbonyl (C=O) groups excluding carboxylic acids is 1. The van der Waals surface area contributed by atoms with Crippen LogP contribution >= 0.6 is 34.7 Å². The highest BCUT2D eigenvalue weighted by atomic mass is 35.5. The van der Waals surface area contributed by atoms with Crippen molar-refractivity contribution in [2.45, 2.75) is 4.34 Å². The fourth-order valence-corrected chi connectivity index (χ4v) is 4.04. The minimum absolute atomic E-state index is 0.0819. The molecular weight excluding hydrogens is 336 g/mol. The zero-order chi connectivity index (χ0) is 15.4. The van der Waals surface area contributed by atoms with Gasteiger partial charge in [-0.25, -0.2) is 4.98 Å². The molecule has 0 spiro atoms. The molecule has 3 rings (SSSR count). The highest BCUT2D eigenvalue weighted by Gasteiger charge is 2.06. The Labute approximate surface area is 141 Å². The number of carbonyl (C=O) groups is 1. The second-order valence-electron chi connectivity index (χ2n) is 4.56. The van der Waals surface area contributed by atoms with Crippen molar-refractivity contribution in [2.75, 3.05) is 12.3 Å². The molecule has 0 saturated heterocycles. The van der Waals surface area contributed by atoms with Crippen LogP contribution in [0.5, 0.6) is 0 Å². The van der Waals surface area contributed by atoms with Crippen LogP contribution in [0.2, 0.25) is 5.02 Å². The quantitative estimate of drug-likeness (QED) is 0.546. The van der Waals surface area contributed by atoms with Crippen LogP contribution in [0, 0.1) is 0 Å². The summed E-state index contributed by atoms with van der Waals surface area (Å²) in [6.45, 7) is 0.599. The first-order chi connectivity index (χ1) is 10.7. The van der Waals surface area contributed by atoms with Crippen molar-refractivity contribution in [1.29, 1.82) is 0 Å². The molecule has 2 aromatic carbocycles. The lowest BCUT2D eigenvalue weighted by molar-refractivity contribution is 0.0956. The smallest absolute Gasteiger partial charge is 0.251 e. The van der Waals surface area contributed by atoms with Crippen LogP contribution in [0.4, 0.5) is 0 Å². The largest absolute Gasteiger partial charge is 0.351 e. The number of rotatable bonds is 5. The Bertz CT molecular complexity index is 753. The molecule has 0 aliphatic carbocycles. The number of para-hydroxylation sites is 1. The molecule has 0 aliphatic heterocycles. The van der Waals surface area contributed by atoms with E-state index >= 15 is 0 Å². The molecule has 0 bridgehead atoms. The summed E-state index contributed by atoms with van der Waals surface area (Å²) in [4.78, 5) is 16.5. The van der Waals surface area contributed by atoms with Gasteiger partial charge in [-0.1, -0.05) is 35.5 Å². The maximum Gasteiger partial charge on any atom is 0.251 e. The number of fused-ring (bicyclic) bond motifs is 1. The third-order valence-electron chi connectivity index (χ3n) is 2.99. The van der Waals surface area contributed by atoms with Gasteiger partial charge < -0.3 is 5.32 Å². The van der Waals surface area contributed by atoms with Crippen LogP contribution < -0.4 is 5.32 Å². The van der Waals surface area contributed by atoms with E-state index in [9.17, 15) is 4.79 Å². The van der Waals surface area contributed by atoms with Crippen LogP contribution in [-0.4, -0.2) is 23.2 Å². The van der Waals surface area contributed by atoms with E-state index in [2.05, 4.69) is 16.4 Å². The van der Waals surface area contributed by atoms with E-state index in [1.165, 1.54) is 4.70 Å². The van der Waals surface area contributed by atoms with Gasteiger partial charge in [-0.15, -0.1) is 11.3 Å². The van der Waals surface area contributed by atoms with Crippen molar-refractivity contribution in [3.63, 3.8) is 0 Å². The van der Waals surface area contributed by atoms with Crippen LogP contribution in [0.1, 0.15) is 10.4 Å². The van der Waals surface area contributed by atoms with E-state index in [1.807, 2.05) is 18.2 Å². The molecule has 0 fully saturated rings. The SMILES string of the molecule is O=C(NCCSc1nc2ccccc2s1)c1ccc(Cl)cc1. The zero-order valence-corrected chi connectivity index (χ0v) is 14.0. The van der Waals surface area contributed by atoms with Gasteiger partial charge in [-0.05, 0) is 36.4 Å². The van der Waals surface area contributed by atoms with E-state index in [4.69, 9.17) is 11.6 Å². The van der Waals surface area contributed by atoms with E-state index in [-0.39, 0.29) is 5.91 Å². The topological polar surface area (TPSA) is 42.0 Å². The second-order valence-corrected chi connectivity index (χ2v) is 7.37. The van der Waals surface area contributed by atoms with Crippen LogP contribution in [0.25, 0.3) is 10.2 Å². The number of hydrogen-bond donors (Lipinski definition) is 1. The number of nitrogens with one attached hydrogen (secondary N) is 1. The van der Waals surface area contributed by atoms with Gasteiger partial charge in [0, 0.05) is 22.9 Å². The first kappa shape index (κ1) is 15.3. The molecule has 0 atom stereocenters. The van der Waals surface area contributed by atoms with Crippen LogP contribution in [0.15, 0.2) is 52.9 Å². The summed E-state index contributed by atoms with van der Waals surface area (Å²) >= 11 is 9.14. The lowest BCUT2D eigenvalue weighted by atomic mass is 10.2. The van der Waals surface area contributed by atoms with Crippen molar-refractivity contribution in [2.24, 2.45) is 0 Å². The van der Waals surface area contributed by atoms with Gasteiger partial charge in [-0.3, -0.25) is 4.79 Å². The molecule has 1 amide bonds. The molecular formula is C16H13ClN2OS2. The highest BCUT2D eigenvalue weighted by molar-refractivity contribution is 8.01. The fraction of sp³-hybridized carbons (Fsp3) is 0.125. The van der Waals surface area contributed by atoms with Gasteiger partial charge in [-0.2, -0.15) is 0 Å². The fourth-order valence-electron chi connectivity index (χ4n) is 1.92. The maximum absolute atomic E-state index is 11.9. The van der Waals surface area contributed by atoms with Crippen molar-refractivity contribution in [3.8, 4) is 0 Å². The van der Waals surface area contributed by atoms with Crippen molar-refractivity contribution in [1.82, 2.24) is 10.3 Å². The van der Waals surface area contributed by atoms with Gasteiger partial charge in [0.15, 0.2) is 4.34 Å². The Kier molecular flexibility index (Phi) is 4.97. The Hall–Kier alpha value is -1.56. The van der Waals surface area contributed by atoms with Crippen molar-refractivity contribution in [3.05, 3.63) is 59.1 Å². The molecule has 1 aromatic heterocycles. The molecule has 3 nitrogen and oxygen atoms in total. The Morgan fingerprint density at radius 2 is 1.95 bits per heavy atom. The molecule has 112 valence electrons. The van der Waals surface area contributed by atoms with Gasteiger partial charge in [0.25, 0.3) is 5.91 Å². The monoisotopic (exact) mass is 348 g/mol.